The maximum Gasteiger partial charge on any atom is 0.124 e. The Labute approximate surface area is 130 Å². The third-order valence-corrected chi connectivity index (χ3v) is 4.09. The van der Waals surface area contributed by atoms with Gasteiger partial charge in [0.15, 0.2) is 0 Å². The summed E-state index contributed by atoms with van der Waals surface area (Å²) in [6, 6.07) is 12.7. The van der Waals surface area contributed by atoms with E-state index >= 15 is 0 Å². The minimum Gasteiger partial charge on any atom is -0.366 e. The number of aryl methyl sites for hydroxylation is 1. The Balaban J connectivity index is 2.30. The van der Waals surface area contributed by atoms with Crippen molar-refractivity contribution in [3.05, 3.63) is 64.4 Å². The number of likely N-dealkylation sites (N-methyl/N-ethyl adjacent to an activating group) is 1. The van der Waals surface area contributed by atoms with E-state index in [0.717, 1.165) is 17.7 Å². The molecule has 0 heterocycles. The summed E-state index contributed by atoms with van der Waals surface area (Å²) in [5, 5.41) is 0.405. The highest BCUT2D eigenvalue weighted by atomic mass is 35.5. The second-order valence-electron chi connectivity index (χ2n) is 5.05. The first-order valence-corrected chi connectivity index (χ1v) is 7.41. The van der Waals surface area contributed by atoms with Gasteiger partial charge in [-0.15, -0.1) is 0 Å². The zero-order valence-corrected chi connectivity index (χ0v) is 13.1. The summed E-state index contributed by atoms with van der Waals surface area (Å²) in [4.78, 5) is 2.07. The summed E-state index contributed by atoms with van der Waals surface area (Å²) >= 11 is 6.16. The molecule has 2 aromatic rings. The Morgan fingerprint density at radius 1 is 1.19 bits per heavy atom. The Hall–Kier alpha value is -1.58. The first-order valence-electron chi connectivity index (χ1n) is 7.03. The molecule has 0 aromatic heterocycles. The van der Waals surface area contributed by atoms with Crippen LogP contribution in [-0.4, -0.2) is 13.6 Å². The van der Waals surface area contributed by atoms with E-state index in [-0.39, 0.29) is 11.9 Å². The molecule has 0 saturated carbocycles. The van der Waals surface area contributed by atoms with Crippen LogP contribution in [0.5, 0.6) is 0 Å². The van der Waals surface area contributed by atoms with Gasteiger partial charge in [0.25, 0.3) is 0 Å². The molecule has 21 heavy (non-hydrogen) atoms. The molecular formula is C17H20ClFN2. The average Bonchev–Trinajstić information content (AvgIpc) is 2.50. The number of nitrogens with zero attached hydrogens (tertiary/aromatic N) is 1. The SMILES string of the molecule is CCc1ccc(N(C)C(CN)c2ccc(F)cc2Cl)cc1. The Bertz CT molecular complexity index is 598. The smallest absolute Gasteiger partial charge is 0.124 e. The van der Waals surface area contributed by atoms with E-state index in [4.69, 9.17) is 17.3 Å². The maximum absolute atomic E-state index is 13.2. The van der Waals surface area contributed by atoms with Crippen LogP contribution in [0.1, 0.15) is 24.1 Å². The molecule has 2 N–H and O–H groups in total. The van der Waals surface area contributed by atoms with Crippen LogP contribution in [-0.2, 0) is 6.42 Å². The number of rotatable bonds is 5. The first kappa shape index (κ1) is 15.8. The van der Waals surface area contributed by atoms with Gasteiger partial charge in [-0.3, -0.25) is 0 Å². The molecule has 112 valence electrons. The van der Waals surface area contributed by atoms with Gasteiger partial charge < -0.3 is 10.6 Å². The van der Waals surface area contributed by atoms with Gasteiger partial charge in [0.1, 0.15) is 5.82 Å². The fraction of sp³-hybridized carbons (Fsp3) is 0.294. The Morgan fingerprint density at radius 3 is 2.38 bits per heavy atom. The van der Waals surface area contributed by atoms with Gasteiger partial charge in [-0.2, -0.15) is 0 Å². The number of hydrogen-bond acceptors (Lipinski definition) is 2. The monoisotopic (exact) mass is 306 g/mol. The van der Waals surface area contributed by atoms with Crippen LogP contribution in [0.4, 0.5) is 10.1 Å². The summed E-state index contributed by atoms with van der Waals surface area (Å²) in [7, 11) is 1.97. The lowest BCUT2D eigenvalue weighted by Gasteiger charge is -2.30. The second-order valence-corrected chi connectivity index (χ2v) is 5.46. The molecule has 0 aliphatic rings. The largest absolute Gasteiger partial charge is 0.366 e. The lowest BCUT2D eigenvalue weighted by Crippen LogP contribution is -2.30. The van der Waals surface area contributed by atoms with Crippen LogP contribution < -0.4 is 10.6 Å². The van der Waals surface area contributed by atoms with Crippen molar-refractivity contribution < 1.29 is 4.39 Å². The molecule has 0 radical (unpaired) electrons. The lowest BCUT2D eigenvalue weighted by molar-refractivity contribution is 0.622. The van der Waals surface area contributed by atoms with Crippen molar-refractivity contribution in [2.24, 2.45) is 5.73 Å². The van der Waals surface area contributed by atoms with Crippen molar-refractivity contribution in [3.8, 4) is 0 Å². The third-order valence-electron chi connectivity index (χ3n) is 3.76. The van der Waals surface area contributed by atoms with E-state index in [1.807, 2.05) is 7.05 Å². The Morgan fingerprint density at radius 2 is 1.86 bits per heavy atom. The lowest BCUT2D eigenvalue weighted by atomic mass is 10.0. The molecule has 4 heteroatoms. The summed E-state index contributed by atoms with van der Waals surface area (Å²) in [6.45, 7) is 2.52. The topological polar surface area (TPSA) is 29.3 Å². The van der Waals surface area contributed by atoms with E-state index in [2.05, 4.69) is 36.1 Å². The molecular weight excluding hydrogens is 287 g/mol. The molecule has 1 unspecified atom stereocenters. The van der Waals surface area contributed by atoms with Crippen LogP contribution in [0.3, 0.4) is 0 Å². The number of benzene rings is 2. The summed E-state index contributed by atoms with van der Waals surface area (Å²) in [5.41, 5.74) is 9.09. The standard InChI is InChI=1S/C17H20ClFN2/c1-3-12-4-7-14(8-5-12)21(2)17(11-20)15-9-6-13(19)10-16(15)18/h4-10,17H,3,11,20H2,1-2H3. The fourth-order valence-corrected chi connectivity index (χ4v) is 2.71. The van der Waals surface area contributed by atoms with Gasteiger partial charge in [0.2, 0.25) is 0 Å². The molecule has 1 atom stereocenters. The average molecular weight is 307 g/mol. The van der Waals surface area contributed by atoms with E-state index in [0.29, 0.717) is 11.6 Å². The van der Waals surface area contributed by atoms with Crippen molar-refractivity contribution in [3.63, 3.8) is 0 Å². The predicted octanol–water partition coefficient (Wildman–Crippen LogP) is 4.18. The van der Waals surface area contributed by atoms with Crippen molar-refractivity contribution in [2.45, 2.75) is 19.4 Å². The zero-order valence-electron chi connectivity index (χ0n) is 12.3. The van der Waals surface area contributed by atoms with Crippen molar-refractivity contribution in [1.82, 2.24) is 0 Å². The maximum atomic E-state index is 13.2. The number of nitrogens with two attached hydrogens (primary N) is 1. The van der Waals surface area contributed by atoms with Gasteiger partial charge in [-0.05, 0) is 41.8 Å². The third kappa shape index (κ3) is 3.55. The van der Waals surface area contributed by atoms with Crippen LogP contribution in [0.25, 0.3) is 0 Å². The van der Waals surface area contributed by atoms with Gasteiger partial charge >= 0.3 is 0 Å². The highest BCUT2D eigenvalue weighted by Crippen LogP contribution is 2.30. The van der Waals surface area contributed by atoms with E-state index in [1.54, 1.807) is 6.07 Å². The zero-order chi connectivity index (χ0) is 15.4. The van der Waals surface area contributed by atoms with Gasteiger partial charge in [-0.25, -0.2) is 4.39 Å². The highest BCUT2D eigenvalue weighted by Gasteiger charge is 2.19. The van der Waals surface area contributed by atoms with Gasteiger partial charge in [0, 0.05) is 24.3 Å². The molecule has 0 bridgehead atoms. The number of hydrogen-bond donors (Lipinski definition) is 1. The highest BCUT2D eigenvalue weighted by molar-refractivity contribution is 6.31. The van der Waals surface area contributed by atoms with Crippen LogP contribution in [0.15, 0.2) is 42.5 Å². The van der Waals surface area contributed by atoms with E-state index < -0.39 is 0 Å². The predicted molar refractivity (Wildman–Crippen MR) is 87.4 cm³/mol. The van der Waals surface area contributed by atoms with Crippen molar-refractivity contribution in [2.75, 3.05) is 18.5 Å². The number of anilines is 1. The van der Waals surface area contributed by atoms with Crippen molar-refractivity contribution in [1.29, 1.82) is 0 Å². The molecule has 0 spiro atoms. The molecule has 0 aliphatic carbocycles. The summed E-state index contributed by atoms with van der Waals surface area (Å²) < 4.78 is 13.2. The van der Waals surface area contributed by atoms with Crippen LogP contribution >= 0.6 is 11.6 Å². The molecule has 0 aliphatic heterocycles. The molecule has 0 saturated heterocycles. The molecule has 2 rings (SSSR count). The Kier molecular flexibility index (Phi) is 5.21. The van der Waals surface area contributed by atoms with Crippen LogP contribution in [0, 0.1) is 5.82 Å². The fourth-order valence-electron chi connectivity index (χ4n) is 2.41. The van der Waals surface area contributed by atoms with Crippen LogP contribution in [0.2, 0.25) is 5.02 Å². The molecule has 0 amide bonds. The van der Waals surface area contributed by atoms with Gasteiger partial charge in [0.05, 0.1) is 6.04 Å². The second kappa shape index (κ2) is 6.92. The molecule has 2 nitrogen and oxygen atoms in total. The summed E-state index contributed by atoms with van der Waals surface area (Å²) in [6.07, 6.45) is 1.01. The van der Waals surface area contributed by atoms with E-state index in [1.165, 1.54) is 17.7 Å². The normalized spacial score (nSPS) is 12.2. The quantitative estimate of drug-likeness (QED) is 0.898. The van der Waals surface area contributed by atoms with Gasteiger partial charge in [-0.1, -0.05) is 36.7 Å². The molecule has 2 aromatic carbocycles. The van der Waals surface area contributed by atoms with Crippen molar-refractivity contribution >= 4 is 17.3 Å². The minimum absolute atomic E-state index is 0.0921. The summed E-state index contributed by atoms with van der Waals surface area (Å²) in [5.74, 6) is -0.338. The van der Waals surface area contributed by atoms with E-state index in [9.17, 15) is 4.39 Å². The molecule has 0 fully saturated rings. The minimum atomic E-state index is -0.338. The number of halogens is 2. The first-order chi connectivity index (χ1) is 10.1.